The molecule has 0 aromatic heterocycles. The molecule has 1 fully saturated rings. The van der Waals surface area contributed by atoms with E-state index in [-0.39, 0.29) is 6.03 Å². The molecule has 5 N–H and O–H groups in total. The second kappa shape index (κ2) is 6.62. The van der Waals surface area contributed by atoms with E-state index < -0.39 is 0 Å². The lowest BCUT2D eigenvalue weighted by molar-refractivity contribution is 0.233. The second-order valence-electron chi connectivity index (χ2n) is 3.57. The summed E-state index contributed by atoms with van der Waals surface area (Å²) >= 11 is 0. The Morgan fingerprint density at radius 3 is 2.79 bits per heavy atom. The van der Waals surface area contributed by atoms with Gasteiger partial charge < -0.3 is 21.7 Å². The van der Waals surface area contributed by atoms with Crippen LogP contribution in [0.3, 0.4) is 0 Å². The molecule has 82 valence electrons. The molecule has 0 aromatic carbocycles. The Kier molecular flexibility index (Phi) is 5.32. The maximum absolute atomic E-state index is 11.3. The number of carbonyl (C=O) groups is 1. The maximum atomic E-state index is 11.3. The van der Waals surface area contributed by atoms with E-state index in [1.807, 2.05) is 0 Å². The van der Waals surface area contributed by atoms with Crippen LogP contribution in [-0.2, 0) is 0 Å². The summed E-state index contributed by atoms with van der Waals surface area (Å²) in [5, 5.41) is 8.98. The van der Waals surface area contributed by atoms with Gasteiger partial charge in [0.25, 0.3) is 0 Å². The van der Waals surface area contributed by atoms with Gasteiger partial charge in [0.05, 0.1) is 0 Å². The standard InChI is InChI=1S/C9H20N4O/c10-4-1-5-12-9(14)13-8-2-6-11-7-3-8/h8,11H,1-7,10H2,(H2,12,13,14). The molecule has 5 heteroatoms. The highest BCUT2D eigenvalue weighted by Crippen LogP contribution is 2.00. The summed E-state index contributed by atoms with van der Waals surface area (Å²) < 4.78 is 0. The largest absolute Gasteiger partial charge is 0.338 e. The van der Waals surface area contributed by atoms with Gasteiger partial charge in [0, 0.05) is 12.6 Å². The fraction of sp³-hybridized carbons (Fsp3) is 0.889. The van der Waals surface area contributed by atoms with Crippen LogP contribution in [0.25, 0.3) is 0 Å². The van der Waals surface area contributed by atoms with Gasteiger partial charge in [-0.1, -0.05) is 0 Å². The molecule has 2 amide bonds. The van der Waals surface area contributed by atoms with Gasteiger partial charge in [0.1, 0.15) is 0 Å². The van der Waals surface area contributed by atoms with Crippen molar-refractivity contribution in [2.75, 3.05) is 26.2 Å². The summed E-state index contributed by atoms with van der Waals surface area (Å²) in [5.74, 6) is 0. The van der Waals surface area contributed by atoms with Crippen molar-refractivity contribution in [1.29, 1.82) is 0 Å². The highest BCUT2D eigenvalue weighted by Gasteiger charge is 2.14. The average Bonchev–Trinajstić information content (AvgIpc) is 2.20. The van der Waals surface area contributed by atoms with E-state index in [0.717, 1.165) is 32.4 Å². The van der Waals surface area contributed by atoms with Crippen molar-refractivity contribution in [3.8, 4) is 0 Å². The summed E-state index contributed by atoms with van der Waals surface area (Å²) in [7, 11) is 0. The molecule has 0 aromatic rings. The smallest absolute Gasteiger partial charge is 0.315 e. The normalized spacial score (nSPS) is 17.8. The molecule has 1 aliphatic heterocycles. The lowest BCUT2D eigenvalue weighted by Crippen LogP contribution is -2.47. The minimum absolute atomic E-state index is 0.0645. The topological polar surface area (TPSA) is 79.2 Å². The van der Waals surface area contributed by atoms with Gasteiger partial charge in [0.2, 0.25) is 0 Å². The van der Waals surface area contributed by atoms with Crippen molar-refractivity contribution in [3.63, 3.8) is 0 Å². The van der Waals surface area contributed by atoms with Gasteiger partial charge in [-0.15, -0.1) is 0 Å². The molecule has 1 aliphatic rings. The van der Waals surface area contributed by atoms with Crippen LogP contribution in [0.4, 0.5) is 4.79 Å². The van der Waals surface area contributed by atoms with Crippen LogP contribution in [-0.4, -0.2) is 38.3 Å². The number of piperidine rings is 1. The van der Waals surface area contributed by atoms with Gasteiger partial charge >= 0.3 is 6.03 Å². The minimum atomic E-state index is -0.0645. The van der Waals surface area contributed by atoms with Crippen LogP contribution >= 0.6 is 0 Å². The quantitative estimate of drug-likeness (QED) is 0.457. The Balaban J connectivity index is 2.06. The Hall–Kier alpha value is -0.810. The van der Waals surface area contributed by atoms with Crippen molar-refractivity contribution >= 4 is 6.03 Å². The van der Waals surface area contributed by atoms with E-state index in [1.54, 1.807) is 0 Å². The van der Waals surface area contributed by atoms with E-state index >= 15 is 0 Å². The molecule has 0 spiro atoms. The lowest BCUT2D eigenvalue weighted by atomic mass is 10.1. The van der Waals surface area contributed by atoms with Gasteiger partial charge in [-0.2, -0.15) is 0 Å². The van der Waals surface area contributed by atoms with E-state index in [9.17, 15) is 4.79 Å². The summed E-state index contributed by atoms with van der Waals surface area (Å²) in [6.07, 6.45) is 2.87. The zero-order valence-electron chi connectivity index (χ0n) is 8.51. The molecule has 1 rings (SSSR count). The average molecular weight is 200 g/mol. The lowest BCUT2D eigenvalue weighted by Gasteiger charge is -2.23. The van der Waals surface area contributed by atoms with Crippen molar-refractivity contribution < 1.29 is 4.79 Å². The van der Waals surface area contributed by atoms with Crippen LogP contribution < -0.4 is 21.7 Å². The Labute approximate surface area is 84.8 Å². The van der Waals surface area contributed by atoms with Crippen LogP contribution in [0.5, 0.6) is 0 Å². The molecule has 0 aliphatic carbocycles. The van der Waals surface area contributed by atoms with Crippen LogP contribution in [0.15, 0.2) is 0 Å². The van der Waals surface area contributed by atoms with Gasteiger partial charge in [-0.25, -0.2) is 4.79 Å². The first kappa shape index (κ1) is 11.3. The zero-order valence-corrected chi connectivity index (χ0v) is 8.51. The molecule has 0 radical (unpaired) electrons. The maximum Gasteiger partial charge on any atom is 0.315 e. The number of hydrogen-bond acceptors (Lipinski definition) is 3. The predicted molar refractivity (Wildman–Crippen MR) is 56.1 cm³/mol. The van der Waals surface area contributed by atoms with E-state index in [0.29, 0.717) is 19.1 Å². The minimum Gasteiger partial charge on any atom is -0.338 e. The SMILES string of the molecule is NCCCNC(=O)NC1CCNCC1. The van der Waals surface area contributed by atoms with Gasteiger partial charge in [-0.05, 0) is 38.9 Å². The van der Waals surface area contributed by atoms with E-state index in [2.05, 4.69) is 16.0 Å². The molecule has 0 unspecified atom stereocenters. The number of amides is 2. The van der Waals surface area contributed by atoms with Crippen LogP contribution in [0.1, 0.15) is 19.3 Å². The number of rotatable bonds is 4. The first-order valence-corrected chi connectivity index (χ1v) is 5.28. The van der Waals surface area contributed by atoms with Crippen LogP contribution in [0.2, 0.25) is 0 Å². The van der Waals surface area contributed by atoms with E-state index in [1.165, 1.54) is 0 Å². The third-order valence-electron chi connectivity index (χ3n) is 2.34. The molecule has 1 heterocycles. The van der Waals surface area contributed by atoms with E-state index in [4.69, 9.17) is 5.73 Å². The third-order valence-corrected chi connectivity index (χ3v) is 2.34. The third kappa shape index (κ3) is 4.43. The first-order chi connectivity index (χ1) is 6.83. The van der Waals surface area contributed by atoms with Crippen molar-refractivity contribution in [3.05, 3.63) is 0 Å². The number of urea groups is 1. The second-order valence-corrected chi connectivity index (χ2v) is 3.57. The molecule has 14 heavy (non-hydrogen) atoms. The van der Waals surface area contributed by atoms with Gasteiger partial charge in [0.15, 0.2) is 0 Å². The summed E-state index contributed by atoms with van der Waals surface area (Å²) in [4.78, 5) is 11.3. The van der Waals surface area contributed by atoms with Crippen molar-refractivity contribution in [1.82, 2.24) is 16.0 Å². The summed E-state index contributed by atoms with van der Waals surface area (Å²) in [6, 6.07) is 0.263. The molecule has 0 bridgehead atoms. The first-order valence-electron chi connectivity index (χ1n) is 5.28. The summed E-state index contributed by atoms with van der Waals surface area (Å²) in [5.41, 5.74) is 5.32. The summed E-state index contributed by atoms with van der Waals surface area (Å²) in [6.45, 7) is 3.27. The molecular weight excluding hydrogens is 180 g/mol. The van der Waals surface area contributed by atoms with Gasteiger partial charge in [-0.3, -0.25) is 0 Å². The molecule has 0 saturated carbocycles. The molecule has 1 saturated heterocycles. The Bertz CT molecular complexity index is 168. The Morgan fingerprint density at radius 1 is 1.43 bits per heavy atom. The fourth-order valence-corrected chi connectivity index (χ4v) is 1.51. The number of nitrogens with one attached hydrogen (secondary N) is 3. The molecule has 0 atom stereocenters. The zero-order chi connectivity index (χ0) is 10.2. The van der Waals surface area contributed by atoms with Crippen molar-refractivity contribution in [2.24, 2.45) is 5.73 Å². The van der Waals surface area contributed by atoms with Crippen molar-refractivity contribution in [2.45, 2.75) is 25.3 Å². The molecular formula is C9H20N4O. The fourth-order valence-electron chi connectivity index (χ4n) is 1.51. The highest BCUT2D eigenvalue weighted by atomic mass is 16.2. The monoisotopic (exact) mass is 200 g/mol. The molecule has 5 nitrogen and oxygen atoms in total. The number of nitrogens with two attached hydrogens (primary N) is 1. The predicted octanol–water partition coefficient (Wildman–Crippen LogP) is -0.614. The number of carbonyl (C=O) groups excluding carboxylic acids is 1. The highest BCUT2D eigenvalue weighted by molar-refractivity contribution is 5.74. The van der Waals surface area contributed by atoms with Crippen LogP contribution in [0, 0.1) is 0 Å². The number of hydrogen-bond donors (Lipinski definition) is 4. The Morgan fingerprint density at radius 2 is 2.14 bits per heavy atom.